The molecular weight excluding hydrogens is 398 g/mol. The van der Waals surface area contributed by atoms with Gasteiger partial charge in [0.1, 0.15) is 11.9 Å². The van der Waals surface area contributed by atoms with Crippen molar-refractivity contribution in [1.82, 2.24) is 4.90 Å². The van der Waals surface area contributed by atoms with Gasteiger partial charge >= 0.3 is 5.97 Å². The lowest BCUT2D eigenvalue weighted by Gasteiger charge is -2.38. The summed E-state index contributed by atoms with van der Waals surface area (Å²) in [6, 6.07) is 13.2. The monoisotopic (exact) mass is 437 g/mol. The van der Waals surface area contributed by atoms with Crippen molar-refractivity contribution in [3.05, 3.63) is 42.0 Å². The van der Waals surface area contributed by atoms with Gasteiger partial charge in [-0.3, -0.25) is 9.69 Å². The highest BCUT2D eigenvalue weighted by Crippen LogP contribution is 2.38. The second kappa shape index (κ2) is 10.2. The van der Waals surface area contributed by atoms with Crippen molar-refractivity contribution in [2.45, 2.75) is 71.9 Å². The zero-order valence-electron chi connectivity index (χ0n) is 19.9. The van der Waals surface area contributed by atoms with Crippen LogP contribution in [-0.4, -0.2) is 35.2 Å². The molecule has 2 aromatic rings. The second-order valence-corrected chi connectivity index (χ2v) is 10.4. The summed E-state index contributed by atoms with van der Waals surface area (Å²) in [6.07, 6.45) is 6.87. The Hall–Kier alpha value is -2.07. The predicted molar refractivity (Wildman–Crippen MR) is 130 cm³/mol. The lowest BCUT2D eigenvalue weighted by Crippen LogP contribution is -2.36. The Balaban J connectivity index is 1.42. The molecule has 0 amide bonds. The van der Waals surface area contributed by atoms with Crippen LogP contribution in [0.3, 0.4) is 0 Å². The van der Waals surface area contributed by atoms with Crippen LogP contribution in [-0.2, 0) is 11.3 Å². The molecule has 1 aliphatic carbocycles. The number of nitrogens with zero attached hydrogens (tertiary/aromatic N) is 1. The largest absolute Gasteiger partial charge is 0.490 e. The molecule has 1 saturated carbocycles. The SMILES string of the molecule is CC[C@@H]1CC[C@@H](C(C)C)[C@H](Oc2ccc3cc(CN4CCC(C(=O)O)CC4)ccc3c2)C1. The molecule has 32 heavy (non-hydrogen) atoms. The van der Waals surface area contributed by atoms with Crippen molar-refractivity contribution in [2.75, 3.05) is 13.1 Å². The molecule has 3 atom stereocenters. The van der Waals surface area contributed by atoms with Crippen LogP contribution in [0, 0.1) is 23.7 Å². The summed E-state index contributed by atoms with van der Waals surface area (Å²) in [5.74, 6) is 2.26. The van der Waals surface area contributed by atoms with Gasteiger partial charge in [0.15, 0.2) is 0 Å². The van der Waals surface area contributed by atoms with Gasteiger partial charge in [-0.25, -0.2) is 0 Å². The number of carboxylic acids is 1. The summed E-state index contributed by atoms with van der Waals surface area (Å²) < 4.78 is 6.59. The average Bonchev–Trinajstić information content (AvgIpc) is 2.79. The number of benzene rings is 2. The standard InChI is InChI=1S/C28H39NO3/c1-4-20-6-10-26(19(2)3)27(16-20)32-25-9-8-23-15-21(5-7-24(23)17-25)18-29-13-11-22(12-14-29)28(30)31/h5,7-9,15,17,19-20,22,26-27H,4,6,10-14,16,18H2,1-3H3,(H,30,31)/t20-,26+,27-/m1/s1. The summed E-state index contributed by atoms with van der Waals surface area (Å²) in [6.45, 7) is 9.58. The Bertz CT molecular complexity index is 916. The van der Waals surface area contributed by atoms with Gasteiger partial charge in [0.05, 0.1) is 5.92 Å². The molecule has 0 radical (unpaired) electrons. The van der Waals surface area contributed by atoms with E-state index in [0.29, 0.717) is 17.9 Å². The molecule has 2 aliphatic rings. The van der Waals surface area contributed by atoms with E-state index < -0.39 is 5.97 Å². The number of fused-ring (bicyclic) bond motifs is 1. The smallest absolute Gasteiger partial charge is 0.306 e. The van der Waals surface area contributed by atoms with E-state index in [1.165, 1.54) is 42.0 Å². The first-order chi connectivity index (χ1) is 15.4. The fourth-order valence-corrected chi connectivity index (χ4v) is 5.72. The second-order valence-electron chi connectivity index (χ2n) is 10.4. The molecule has 4 rings (SSSR count). The minimum absolute atomic E-state index is 0.173. The molecule has 0 aromatic heterocycles. The number of likely N-dealkylation sites (tertiary alicyclic amines) is 1. The molecule has 1 saturated heterocycles. The summed E-state index contributed by atoms with van der Waals surface area (Å²) in [5.41, 5.74) is 1.29. The van der Waals surface area contributed by atoms with Crippen molar-refractivity contribution in [1.29, 1.82) is 0 Å². The molecule has 1 heterocycles. The Labute approximate surface area is 192 Å². The molecule has 174 valence electrons. The number of rotatable bonds is 7. The van der Waals surface area contributed by atoms with Gasteiger partial charge in [-0.2, -0.15) is 0 Å². The average molecular weight is 438 g/mol. The molecule has 0 unspecified atom stereocenters. The van der Waals surface area contributed by atoms with Gasteiger partial charge < -0.3 is 9.84 Å². The summed E-state index contributed by atoms with van der Waals surface area (Å²) >= 11 is 0. The minimum atomic E-state index is -0.647. The maximum atomic E-state index is 11.2. The van der Waals surface area contributed by atoms with Gasteiger partial charge in [0, 0.05) is 6.54 Å². The van der Waals surface area contributed by atoms with Gasteiger partial charge in [0.2, 0.25) is 0 Å². The van der Waals surface area contributed by atoms with Gasteiger partial charge in [-0.1, -0.05) is 45.4 Å². The third-order valence-electron chi connectivity index (χ3n) is 7.89. The van der Waals surface area contributed by atoms with Gasteiger partial charge in [0.25, 0.3) is 0 Å². The van der Waals surface area contributed by atoms with Crippen molar-refractivity contribution < 1.29 is 14.6 Å². The van der Waals surface area contributed by atoms with Crippen LogP contribution in [0.1, 0.15) is 64.9 Å². The van der Waals surface area contributed by atoms with E-state index in [0.717, 1.165) is 44.1 Å². The Morgan fingerprint density at radius 3 is 2.47 bits per heavy atom. The van der Waals surface area contributed by atoms with E-state index in [-0.39, 0.29) is 5.92 Å². The topological polar surface area (TPSA) is 49.8 Å². The number of aliphatic carboxylic acids is 1. The third kappa shape index (κ3) is 5.46. The van der Waals surface area contributed by atoms with Crippen molar-refractivity contribution >= 4 is 16.7 Å². The first-order valence-corrected chi connectivity index (χ1v) is 12.6. The highest BCUT2D eigenvalue weighted by Gasteiger charge is 2.33. The van der Waals surface area contributed by atoms with Crippen LogP contribution < -0.4 is 4.74 Å². The van der Waals surface area contributed by atoms with E-state index in [1.54, 1.807) is 0 Å². The molecule has 0 bridgehead atoms. The van der Waals surface area contributed by atoms with Gasteiger partial charge in [-0.05, 0) is 97.5 Å². The van der Waals surface area contributed by atoms with Crippen LogP contribution in [0.25, 0.3) is 10.8 Å². The zero-order chi connectivity index (χ0) is 22.7. The maximum absolute atomic E-state index is 11.2. The summed E-state index contributed by atoms with van der Waals surface area (Å²) in [5, 5.41) is 11.7. The molecule has 2 fully saturated rings. The number of carboxylic acid groups (broad SMARTS) is 1. The highest BCUT2D eigenvalue weighted by atomic mass is 16.5. The molecule has 4 heteroatoms. The maximum Gasteiger partial charge on any atom is 0.306 e. The van der Waals surface area contributed by atoms with E-state index >= 15 is 0 Å². The van der Waals surface area contributed by atoms with Gasteiger partial charge in [-0.15, -0.1) is 0 Å². The Morgan fingerprint density at radius 2 is 1.78 bits per heavy atom. The van der Waals surface area contributed by atoms with Crippen molar-refractivity contribution in [2.24, 2.45) is 23.7 Å². The van der Waals surface area contributed by atoms with Crippen molar-refractivity contribution in [3.63, 3.8) is 0 Å². The van der Waals surface area contributed by atoms with E-state index in [1.807, 2.05) is 0 Å². The zero-order valence-corrected chi connectivity index (χ0v) is 19.9. The van der Waals surface area contributed by atoms with E-state index in [9.17, 15) is 9.90 Å². The number of piperidine rings is 1. The lowest BCUT2D eigenvalue weighted by atomic mass is 9.74. The number of carbonyl (C=O) groups is 1. The molecule has 4 nitrogen and oxygen atoms in total. The number of hydrogen-bond donors (Lipinski definition) is 1. The Morgan fingerprint density at radius 1 is 1.06 bits per heavy atom. The highest BCUT2D eigenvalue weighted by molar-refractivity contribution is 5.84. The summed E-state index contributed by atoms with van der Waals surface area (Å²) in [4.78, 5) is 13.5. The fraction of sp³-hybridized carbons (Fsp3) is 0.607. The normalized spacial score (nSPS) is 25.3. The fourth-order valence-electron chi connectivity index (χ4n) is 5.72. The van der Waals surface area contributed by atoms with Crippen LogP contribution >= 0.6 is 0 Å². The van der Waals surface area contributed by atoms with E-state index in [2.05, 4.69) is 62.1 Å². The third-order valence-corrected chi connectivity index (χ3v) is 7.89. The van der Waals surface area contributed by atoms with Crippen LogP contribution in [0.15, 0.2) is 36.4 Å². The number of hydrogen-bond acceptors (Lipinski definition) is 3. The predicted octanol–water partition coefficient (Wildman–Crippen LogP) is 6.37. The quantitative estimate of drug-likeness (QED) is 0.547. The lowest BCUT2D eigenvalue weighted by molar-refractivity contribution is -0.143. The minimum Gasteiger partial charge on any atom is -0.490 e. The molecule has 1 N–H and O–H groups in total. The number of ether oxygens (including phenoxy) is 1. The Kier molecular flexibility index (Phi) is 7.40. The van der Waals surface area contributed by atoms with Crippen LogP contribution in [0.2, 0.25) is 0 Å². The van der Waals surface area contributed by atoms with Crippen LogP contribution in [0.4, 0.5) is 0 Å². The first-order valence-electron chi connectivity index (χ1n) is 12.6. The van der Waals surface area contributed by atoms with Crippen LogP contribution in [0.5, 0.6) is 5.75 Å². The first kappa shape index (κ1) is 23.1. The van der Waals surface area contributed by atoms with Crippen molar-refractivity contribution in [3.8, 4) is 5.75 Å². The summed E-state index contributed by atoms with van der Waals surface area (Å²) in [7, 11) is 0. The van der Waals surface area contributed by atoms with E-state index in [4.69, 9.17) is 4.74 Å². The molecular formula is C28H39NO3. The molecule has 0 spiro atoms. The molecule has 2 aromatic carbocycles. The molecule has 1 aliphatic heterocycles.